The fourth-order valence-electron chi connectivity index (χ4n) is 2.29. The van der Waals surface area contributed by atoms with Crippen LogP contribution in [-0.4, -0.2) is 23.5 Å². The molecule has 0 aliphatic carbocycles. The lowest BCUT2D eigenvalue weighted by Crippen LogP contribution is -2.24. The molecule has 0 aliphatic rings. The average Bonchev–Trinajstić information content (AvgIpc) is 2.45. The molecule has 0 aromatic heterocycles. The van der Waals surface area contributed by atoms with Crippen LogP contribution < -0.4 is 5.32 Å². The Kier molecular flexibility index (Phi) is 8.26. The standard InChI is InChI=1S/C18H27NO3/c1-14(2)13-16-8-6-15(7-9-16)10-11-17(20)19-12-4-3-5-18(21)22/h6-9,14H,3-5,10-13H2,1-2H3,(H,19,20)(H,21,22). The van der Waals surface area contributed by atoms with Crippen LogP contribution in [0.1, 0.15) is 50.7 Å². The van der Waals surface area contributed by atoms with Gasteiger partial charge in [0.25, 0.3) is 0 Å². The molecule has 2 N–H and O–H groups in total. The molecule has 0 saturated carbocycles. The van der Waals surface area contributed by atoms with Gasteiger partial charge in [-0.1, -0.05) is 38.1 Å². The monoisotopic (exact) mass is 305 g/mol. The third-order valence-corrected chi connectivity index (χ3v) is 3.45. The van der Waals surface area contributed by atoms with E-state index < -0.39 is 5.97 Å². The molecule has 4 heteroatoms. The lowest BCUT2D eigenvalue weighted by atomic mass is 10.0. The van der Waals surface area contributed by atoms with Crippen LogP contribution in [0.25, 0.3) is 0 Å². The highest BCUT2D eigenvalue weighted by atomic mass is 16.4. The zero-order chi connectivity index (χ0) is 16.4. The fraction of sp³-hybridized carbons (Fsp3) is 0.556. The van der Waals surface area contributed by atoms with Crippen LogP contribution in [0.2, 0.25) is 0 Å². The van der Waals surface area contributed by atoms with Crippen molar-refractivity contribution in [2.45, 2.75) is 52.4 Å². The minimum absolute atomic E-state index is 0.0292. The van der Waals surface area contributed by atoms with Gasteiger partial charge in [-0.05, 0) is 42.7 Å². The largest absolute Gasteiger partial charge is 0.481 e. The molecule has 0 saturated heterocycles. The summed E-state index contributed by atoms with van der Waals surface area (Å²) >= 11 is 0. The Morgan fingerprint density at radius 3 is 2.27 bits per heavy atom. The van der Waals surface area contributed by atoms with Gasteiger partial charge in [0, 0.05) is 19.4 Å². The van der Waals surface area contributed by atoms with Crippen molar-refractivity contribution >= 4 is 11.9 Å². The summed E-state index contributed by atoms with van der Waals surface area (Å²) in [6.45, 7) is 4.96. The van der Waals surface area contributed by atoms with Gasteiger partial charge in [-0.15, -0.1) is 0 Å². The van der Waals surface area contributed by atoms with Crippen molar-refractivity contribution in [3.63, 3.8) is 0 Å². The molecule has 0 bridgehead atoms. The van der Waals surface area contributed by atoms with Crippen LogP contribution in [0.3, 0.4) is 0 Å². The molecule has 0 atom stereocenters. The number of carboxylic acid groups (broad SMARTS) is 1. The molecular weight excluding hydrogens is 278 g/mol. The number of hydrogen-bond acceptors (Lipinski definition) is 2. The van der Waals surface area contributed by atoms with Crippen LogP contribution in [-0.2, 0) is 22.4 Å². The van der Waals surface area contributed by atoms with Crippen LogP contribution >= 0.6 is 0 Å². The van der Waals surface area contributed by atoms with Gasteiger partial charge in [-0.25, -0.2) is 0 Å². The molecule has 122 valence electrons. The van der Waals surface area contributed by atoms with E-state index in [0.717, 1.165) is 12.8 Å². The van der Waals surface area contributed by atoms with Gasteiger partial charge in [0.2, 0.25) is 5.91 Å². The van der Waals surface area contributed by atoms with Gasteiger partial charge >= 0.3 is 5.97 Å². The zero-order valence-corrected chi connectivity index (χ0v) is 13.6. The number of nitrogens with one attached hydrogen (secondary N) is 1. The predicted octanol–water partition coefficient (Wildman–Crippen LogP) is 3.19. The van der Waals surface area contributed by atoms with Crippen LogP contribution in [0.4, 0.5) is 0 Å². The van der Waals surface area contributed by atoms with Gasteiger partial charge in [0.15, 0.2) is 0 Å². The Hall–Kier alpha value is -1.84. The van der Waals surface area contributed by atoms with Crippen LogP contribution in [0.5, 0.6) is 0 Å². The number of aryl methyl sites for hydroxylation is 1. The Balaban J connectivity index is 2.19. The number of carboxylic acids is 1. The summed E-state index contributed by atoms with van der Waals surface area (Å²) in [5, 5.41) is 11.3. The van der Waals surface area contributed by atoms with Gasteiger partial charge < -0.3 is 10.4 Å². The molecule has 4 nitrogen and oxygen atoms in total. The van der Waals surface area contributed by atoms with Crippen molar-refractivity contribution < 1.29 is 14.7 Å². The molecule has 1 rings (SSSR count). The third kappa shape index (κ3) is 8.45. The molecule has 1 aromatic rings. The minimum Gasteiger partial charge on any atom is -0.481 e. The molecule has 0 fully saturated rings. The number of unbranched alkanes of at least 4 members (excludes halogenated alkanes) is 1. The van der Waals surface area contributed by atoms with E-state index in [-0.39, 0.29) is 12.3 Å². The van der Waals surface area contributed by atoms with E-state index >= 15 is 0 Å². The SMILES string of the molecule is CC(C)Cc1ccc(CCC(=O)NCCCCC(=O)O)cc1. The maximum Gasteiger partial charge on any atom is 0.303 e. The van der Waals surface area contributed by atoms with E-state index in [4.69, 9.17) is 5.11 Å². The van der Waals surface area contributed by atoms with Crippen molar-refractivity contribution in [1.82, 2.24) is 5.32 Å². The third-order valence-electron chi connectivity index (χ3n) is 3.45. The molecule has 0 heterocycles. The molecule has 0 spiro atoms. The number of hydrogen-bond donors (Lipinski definition) is 2. The molecule has 0 aliphatic heterocycles. The number of carbonyl (C=O) groups excluding carboxylic acids is 1. The maximum absolute atomic E-state index is 11.7. The second-order valence-electron chi connectivity index (χ2n) is 6.12. The van der Waals surface area contributed by atoms with Crippen LogP contribution in [0, 0.1) is 5.92 Å². The van der Waals surface area contributed by atoms with E-state index in [2.05, 4.69) is 43.4 Å². The van der Waals surface area contributed by atoms with E-state index in [0.29, 0.717) is 31.7 Å². The fourth-order valence-corrected chi connectivity index (χ4v) is 2.29. The summed E-state index contributed by atoms with van der Waals surface area (Å²) in [5.74, 6) is -0.105. The summed E-state index contributed by atoms with van der Waals surface area (Å²) < 4.78 is 0. The van der Waals surface area contributed by atoms with Gasteiger partial charge in [-0.2, -0.15) is 0 Å². The normalized spacial score (nSPS) is 10.7. The lowest BCUT2D eigenvalue weighted by Gasteiger charge is -2.07. The Bertz CT molecular complexity index is 466. The molecular formula is C18H27NO3. The van der Waals surface area contributed by atoms with Crippen molar-refractivity contribution in [2.24, 2.45) is 5.92 Å². The van der Waals surface area contributed by atoms with Crippen LogP contribution in [0.15, 0.2) is 24.3 Å². The smallest absolute Gasteiger partial charge is 0.303 e. The first-order valence-electron chi connectivity index (χ1n) is 8.03. The first-order valence-corrected chi connectivity index (χ1v) is 8.03. The van der Waals surface area contributed by atoms with E-state index in [1.165, 1.54) is 11.1 Å². The Labute approximate surface area is 132 Å². The van der Waals surface area contributed by atoms with E-state index in [1.807, 2.05) is 0 Å². The summed E-state index contributed by atoms with van der Waals surface area (Å²) in [6, 6.07) is 8.47. The molecule has 0 radical (unpaired) electrons. The van der Waals surface area contributed by atoms with Crippen molar-refractivity contribution in [3.8, 4) is 0 Å². The quantitative estimate of drug-likeness (QED) is 0.652. The molecule has 1 amide bonds. The number of benzene rings is 1. The summed E-state index contributed by atoms with van der Waals surface area (Å²) in [7, 11) is 0. The molecule has 22 heavy (non-hydrogen) atoms. The number of amides is 1. The lowest BCUT2D eigenvalue weighted by molar-refractivity contribution is -0.137. The Morgan fingerprint density at radius 2 is 1.68 bits per heavy atom. The highest BCUT2D eigenvalue weighted by Gasteiger charge is 2.03. The number of carbonyl (C=O) groups is 2. The molecule has 1 aromatic carbocycles. The van der Waals surface area contributed by atoms with Crippen molar-refractivity contribution in [3.05, 3.63) is 35.4 Å². The summed E-state index contributed by atoms with van der Waals surface area (Å²) in [4.78, 5) is 22.0. The summed E-state index contributed by atoms with van der Waals surface area (Å²) in [6.07, 6.45) is 3.77. The van der Waals surface area contributed by atoms with E-state index in [9.17, 15) is 9.59 Å². The zero-order valence-electron chi connectivity index (χ0n) is 13.6. The second-order valence-corrected chi connectivity index (χ2v) is 6.12. The van der Waals surface area contributed by atoms with Gasteiger partial charge in [0.1, 0.15) is 0 Å². The second kappa shape index (κ2) is 9.98. The highest BCUT2D eigenvalue weighted by Crippen LogP contribution is 2.11. The molecule has 0 unspecified atom stereocenters. The van der Waals surface area contributed by atoms with E-state index in [1.54, 1.807) is 0 Å². The van der Waals surface area contributed by atoms with Gasteiger partial charge in [-0.3, -0.25) is 9.59 Å². The number of aliphatic carboxylic acids is 1. The summed E-state index contributed by atoms with van der Waals surface area (Å²) in [5.41, 5.74) is 2.51. The van der Waals surface area contributed by atoms with Crippen molar-refractivity contribution in [2.75, 3.05) is 6.54 Å². The Morgan fingerprint density at radius 1 is 1.05 bits per heavy atom. The number of rotatable bonds is 10. The predicted molar refractivity (Wildman–Crippen MR) is 87.8 cm³/mol. The minimum atomic E-state index is -0.785. The highest BCUT2D eigenvalue weighted by molar-refractivity contribution is 5.76. The maximum atomic E-state index is 11.7. The first-order chi connectivity index (χ1) is 10.5. The average molecular weight is 305 g/mol. The van der Waals surface area contributed by atoms with Crippen molar-refractivity contribution in [1.29, 1.82) is 0 Å². The first kappa shape index (κ1) is 18.2. The topological polar surface area (TPSA) is 66.4 Å². The van der Waals surface area contributed by atoms with Gasteiger partial charge in [0.05, 0.1) is 0 Å².